The third-order valence-electron chi connectivity index (χ3n) is 3.36. The summed E-state index contributed by atoms with van der Waals surface area (Å²) in [6, 6.07) is 0.284. The van der Waals surface area contributed by atoms with Crippen LogP contribution in [0.2, 0.25) is 0 Å². The Kier molecular flexibility index (Phi) is 5.54. The number of carbonyl (C=O) groups excluding carboxylic acids is 2. The molecule has 1 atom stereocenters. The summed E-state index contributed by atoms with van der Waals surface area (Å²) in [7, 11) is 1.30. The summed E-state index contributed by atoms with van der Waals surface area (Å²) in [5, 5.41) is 14.2. The lowest BCUT2D eigenvalue weighted by Crippen LogP contribution is -2.37. The number of aromatic nitrogens is 4. The standard InChI is InChI=1S/C12H19N5O3S/c1-8(11(19)13-9-5-3-4-6-9)21-12-14-15-16-17(12)7-10(18)20-2/h8-9H,3-7H2,1-2H3,(H,13,19). The van der Waals surface area contributed by atoms with Crippen LogP contribution in [0.15, 0.2) is 5.16 Å². The highest BCUT2D eigenvalue weighted by molar-refractivity contribution is 8.00. The van der Waals surface area contributed by atoms with E-state index in [9.17, 15) is 9.59 Å². The zero-order chi connectivity index (χ0) is 15.2. The summed E-state index contributed by atoms with van der Waals surface area (Å²) in [5.41, 5.74) is 0. The second-order valence-corrected chi connectivity index (χ2v) is 6.25. The van der Waals surface area contributed by atoms with E-state index in [-0.39, 0.29) is 23.7 Å². The van der Waals surface area contributed by atoms with Crippen LogP contribution in [-0.4, -0.2) is 50.5 Å². The van der Waals surface area contributed by atoms with Crippen molar-refractivity contribution in [1.29, 1.82) is 0 Å². The molecule has 1 aliphatic carbocycles. The average molecular weight is 313 g/mol. The molecule has 0 bridgehead atoms. The Bertz CT molecular complexity index is 501. The lowest BCUT2D eigenvalue weighted by Gasteiger charge is -2.15. The minimum Gasteiger partial charge on any atom is -0.468 e. The van der Waals surface area contributed by atoms with Gasteiger partial charge in [0.05, 0.1) is 12.4 Å². The molecule has 1 N–H and O–H groups in total. The van der Waals surface area contributed by atoms with Gasteiger partial charge in [-0.05, 0) is 30.2 Å². The smallest absolute Gasteiger partial charge is 0.327 e. The number of tetrazole rings is 1. The number of hydrogen-bond donors (Lipinski definition) is 1. The molecule has 0 aromatic carbocycles. The van der Waals surface area contributed by atoms with Crippen molar-refractivity contribution in [3.05, 3.63) is 0 Å². The van der Waals surface area contributed by atoms with Gasteiger partial charge in [-0.2, -0.15) is 0 Å². The number of thioether (sulfide) groups is 1. The van der Waals surface area contributed by atoms with Gasteiger partial charge in [0.1, 0.15) is 6.54 Å². The fourth-order valence-electron chi connectivity index (χ4n) is 2.17. The maximum atomic E-state index is 12.1. The number of rotatable bonds is 6. The number of hydrogen-bond acceptors (Lipinski definition) is 7. The zero-order valence-electron chi connectivity index (χ0n) is 12.1. The number of amides is 1. The van der Waals surface area contributed by atoms with Crippen molar-refractivity contribution in [3.63, 3.8) is 0 Å². The van der Waals surface area contributed by atoms with E-state index in [0.717, 1.165) is 12.8 Å². The monoisotopic (exact) mass is 313 g/mol. The molecule has 0 radical (unpaired) electrons. The summed E-state index contributed by atoms with van der Waals surface area (Å²) < 4.78 is 5.90. The first-order valence-electron chi connectivity index (χ1n) is 6.90. The summed E-state index contributed by atoms with van der Waals surface area (Å²) in [4.78, 5) is 23.4. The minimum absolute atomic E-state index is 0.0282. The molecule has 0 aliphatic heterocycles. The number of esters is 1. The van der Waals surface area contributed by atoms with Gasteiger partial charge in [0.2, 0.25) is 11.1 Å². The van der Waals surface area contributed by atoms with Gasteiger partial charge in [-0.25, -0.2) is 4.68 Å². The molecule has 116 valence electrons. The molecule has 0 spiro atoms. The number of nitrogens with zero attached hydrogens (tertiary/aromatic N) is 4. The second kappa shape index (κ2) is 7.39. The van der Waals surface area contributed by atoms with E-state index in [1.165, 1.54) is 36.4 Å². The first-order valence-corrected chi connectivity index (χ1v) is 7.78. The van der Waals surface area contributed by atoms with E-state index >= 15 is 0 Å². The van der Waals surface area contributed by atoms with Crippen LogP contribution in [0.3, 0.4) is 0 Å². The Morgan fingerprint density at radius 1 is 1.48 bits per heavy atom. The Hall–Kier alpha value is -1.64. The molecule has 1 amide bonds. The Morgan fingerprint density at radius 2 is 2.19 bits per heavy atom. The third kappa shape index (κ3) is 4.42. The van der Waals surface area contributed by atoms with Crippen LogP contribution in [0, 0.1) is 0 Å². The largest absolute Gasteiger partial charge is 0.468 e. The topological polar surface area (TPSA) is 99.0 Å². The van der Waals surface area contributed by atoms with Crippen LogP contribution in [0.25, 0.3) is 0 Å². The SMILES string of the molecule is COC(=O)Cn1nnnc1SC(C)C(=O)NC1CCCC1. The van der Waals surface area contributed by atoms with Crippen molar-refractivity contribution >= 4 is 23.6 Å². The quantitative estimate of drug-likeness (QED) is 0.599. The fourth-order valence-corrected chi connectivity index (χ4v) is 2.96. The lowest BCUT2D eigenvalue weighted by molar-refractivity contribution is -0.141. The van der Waals surface area contributed by atoms with Crippen molar-refractivity contribution in [1.82, 2.24) is 25.5 Å². The molecule has 21 heavy (non-hydrogen) atoms. The first-order chi connectivity index (χ1) is 10.1. The molecule has 0 saturated heterocycles. The van der Waals surface area contributed by atoms with Gasteiger partial charge < -0.3 is 10.1 Å². The maximum absolute atomic E-state index is 12.1. The van der Waals surface area contributed by atoms with Gasteiger partial charge in [0.25, 0.3) is 0 Å². The molecular formula is C12H19N5O3S. The van der Waals surface area contributed by atoms with E-state index in [1.54, 1.807) is 6.92 Å². The van der Waals surface area contributed by atoms with Crippen LogP contribution in [0.1, 0.15) is 32.6 Å². The predicted molar refractivity (Wildman–Crippen MR) is 75.6 cm³/mol. The number of nitrogens with one attached hydrogen (secondary N) is 1. The van der Waals surface area contributed by atoms with E-state index in [0.29, 0.717) is 5.16 Å². The van der Waals surface area contributed by atoms with Gasteiger partial charge in [0.15, 0.2) is 0 Å². The number of methoxy groups -OCH3 is 1. The van der Waals surface area contributed by atoms with Crippen LogP contribution in [0.4, 0.5) is 0 Å². The summed E-state index contributed by atoms with van der Waals surface area (Å²) >= 11 is 1.23. The average Bonchev–Trinajstić information content (AvgIpc) is 3.11. The van der Waals surface area contributed by atoms with Gasteiger partial charge in [-0.3, -0.25) is 9.59 Å². The van der Waals surface area contributed by atoms with Crippen molar-refractivity contribution < 1.29 is 14.3 Å². The fraction of sp³-hybridized carbons (Fsp3) is 0.750. The highest BCUT2D eigenvalue weighted by Gasteiger charge is 2.23. The van der Waals surface area contributed by atoms with Crippen molar-refractivity contribution in [2.75, 3.05) is 7.11 Å². The zero-order valence-corrected chi connectivity index (χ0v) is 12.9. The predicted octanol–water partition coefficient (Wildman–Crippen LogP) is 0.385. The highest BCUT2D eigenvalue weighted by atomic mass is 32.2. The molecule has 1 aromatic heterocycles. The molecule has 1 aromatic rings. The molecule has 1 unspecified atom stereocenters. The minimum atomic E-state index is -0.438. The molecule has 8 nitrogen and oxygen atoms in total. The second-order valence-electron chi connectivity index (χ2n) is 4.95. The van der Waals surface area contributed by atoms with Gasteiger partial charge in [0, 0.05) is 6.04 Å². The molecule has 2 rings (SSSR count). The van der Waals surface area contributed by atoms with Crippen LogP contribution in [0.5, 0.6) is 0 Å². The third-order valence-corrected chi connectivity index (χ3v) is 4.43. The summed E-state index contributed by atoms with van der Waals surface area (Å²) in [6.07, 6.45) is 4.43. The summed E-state index contributed by atoms with van der Waals surface area (Å²) in [5.74, 6) is -0.466. The Balaban J connectivity index is 1.89. The van der Waals surface area contributed by atoms with Crippen molar-refractivity contribution in [2.45, 2.75) is 55.6 Å². The Labute approximate surface area is 127 Å². The number of ether oxygens (including phenoxy) is 1. The van der Waals surface area contributed by atoms with E-state index < -0.39 is 5.97 Å². The van der Waals surface area contributed by atoms with Gasteiger partial charge in [-0.15, -0.1) is 5.10 Å². The molecular weight excluding hydrogens is 294 g/mol. The molecule has 1 aliphatic rings. The lowest BCUT2D eigenvalue weighted by atomic mass is 10.2. The van der Waals surface area contributed by atoms with Crippen LogP contribution < -0.4 is 5.32 Å². The highest BCUT2D eigenvalue weighted by Crippen LogP contribution is 2.22. The molecule has 9 heteroatoms. The van der Waals surface area contributed by atoms with Gasteiger partial charge >= 0.3 is 5.97 Å². The van der Waals surface area contributed by atoms with Crippen molar-refractivity contribution in [2.24, 2.45) is 0 Å². The molecule has 1 saturated carbocycles. The normalized spacial score (nSPS) is 16.7. The molecule has 1 heterocycles. The first kappa shape index (κ1) is 15.7. The van der Waals surface area contributed by atoms with E-state index in [4.69, 9.17) is 0 Å². The molecule has 1 fully saturated rings. The maximum Gasteiger partial charge on any atom is 0.327 e. The van der Waals surface area contributed by atoms with Gasteiger partial charge in [-0.1, -0.05) is 24.6 Å². The van der Waals surface area contributed by atoms with Crippen molar-refractivity contribution in [3.8, 4) is 0 Å². The van der Waals surface area contributed by atoms with Crippen LogP contribution >= 0.6 is 11.8 Å². The van der Waals surface area contributed by atoms with E-state index in [2.05, 4.69) is 25.6 Å². The number of carbonyl (C=O) groups is 2. The summed E-state index contributed by atoms with van der Waals surface area (Å²) in [6.45, 7) is 1.73. The Morgan fingerprint density at radius 3 is 2.86 bits per heavy atom. The van der Waals surface area contributed by atoms with Crippen LogP contribution in [-0.2, 0) is 20.9 Å². The van der Waals surface area contributed by atoms with E-state index in [1.807, 2.05) is 0 Å².